The first-order valence-electron chi connectivity index (χ1n) is 12.9. The first kappa shape index (κ1) is 23.2. The number of ether oxygens (including phenoxy) is 1. The van der Waals surface area contributed by atoms with Gasteiger partial charge in [-0.2, -0.15) is 0 Å². The van der Waals surface area contributed by atoms with Gasteiger partial charge < -0.3 is 15.2 Å². The third-order valence-corrected chi connectivity index (χ3v) is 7.24. The van der Waals surface area contributed by atoms with Crippen molar-refractivity contribution in [3.63, 3.8) is 0 Å². The van der Waals surface area contributed by atoms with E-state index >= 15 is 0 Å². The minimum absolute atomic E-state index is 0.0944. The lowest BCUT2D eigenvalue weighted by molar-refractivity contribution is -0.143. The molecule has 0 aromatic carbocycles. The number of pyridine rings is 2. The zero-order valence-electron chi connectivity index (χ0n) is 20.1. The summed E-state index contributed by atoms with van der Waals surface area (Å²) in [6, 6.07) is 5.69. The summed E-state index contributed by atoms with van der Waals surface area (Å²) in [6.45, 7) is 5.14. The minimum atomic E-state index is -0.789. The van der Waals surface area contributed by atoms with Crippen LogP contribution in [0, 0.1) is 6.92 Å². The van der Waals surface area contributed by atoms with Gasteiger partial charge in [-0.1, -0.05) is 6.07 Å². The van der Waals surface area contributed by atoms with Crippen molar-refractivity contribution in [2.45, 2.75) is 76.4 Å². The van der Waals surface area contributed by atoms with Crippen LogP contribution in [0.3, 0.4) is 0 Å². The van der Waals surface area contributed by atoms with Crippen LogP contribution in [0.1, 0.15) is 78.7 Å². The Hall–Kier alpha value is -2.51. The summed E-state index contributed by atoms with van der Waals surface area (Å²) in [6.07, 6.45) is 10.3. The summed E-state index contributed by atoms with van der Waals surface area (Å²) in [5.41, 5.74) is 6.43. The number of carboxylic acid groups (broad SMARTS) is 1. The highest BCUT2D eigenvalue weighted by atomic mass is 16.5. The number of unbranched alkanes of at least 4 members (excludes halogenated alkanes) is 1. The van der Waals surface area contributed by atoms with Gasteiger partial charge in [0.15, 0.2) is 0 Å². The van der Waals surface area contributed by atoms with Crippen molar-refractivity contribution >= 4 is 11.7 Å². The number of anilines is 1. The van der Waals surface area contributed by atoms with Crippen LogP contribution in [0.4, 0.5) is 5.69 Å². The maximum Gasteiger partial charge on any atom is 0.325 e. The predicted octanol–water partition coefficient (Wildman–Crippen LogP) is 4.26. The van der Waals surface area contributed by atoms with Crippen LogP contribution in [0.5, 0.6) is 0 Å². The third-order valence-electron chi connectivity index (χ3n) is 7.24. The fourth-order valence-corrected chi connectivity index (χ4v) is 5.30. The van der Waals surface area contributed by atoms with Crippen LogP contribution in [0.25, 0.3) is 0 Å². The third kappa shape index (κ3) is 5.41. The maximum absolute atomic E-state index is 12.3. The van der Waals surface area contributed by atoms with E-state index in [1.54, 1.807) is 0 Å². The van der Waals surface area contributed by atoms with E-state index in [0.717, 1.165) is 87.0 Å². The Labute approximate surface area is 201 Å². The van der Waals surface area contributed by atoms with Crippen LogP contribution in [0.2, 0.25) is 0 Å². The minimum Gasteiger partial charge on any atom is -0.480 e. The van der Waals surface area contributed by atoms with E-state index in [1.165, 1.54) is 11.4 Å². The van der Waals surface area contributed by atoms with Crippen molar-refractivity contribution in [3.05, 3.63) is 52.6 Å². The predicted molar refractivity (Wildman–Crippen MR) is 131 cm³/mol. The molecule has 2 aromatic rings. The lowest BCUT2D eigenvalue weighted by atomic mass is 9.99. The molecule has 7 heteroatoms. The smallest absolute Gasteiger partial charge is 0.325 e. The van der Waals surface area contributed by atoms with Gasteiger partial charge in [-0.05, 0) is 76.0 Å². The number of carbonyl (C=O) groups is 1. The monoisotopic (exact) mass is 464 g/mol. The van der Waals surface area contributed by atoms with Crippen molar-refractivity contribution in [3.8, 4) is 0 Å². The van der Waals surface area contributed by atoms with Crippen molar-refractivity contribution in [1.29, 1.82) is 0 Å². The summed E-state index contributed by atoms with van der Waals surface area (Å²) >= 11 is 0. The molecule has 5 rings (SSSR count). The molecule has 2 aliphatic heterocycles. The molecule has 34 heavy (non-hydrogen) atoms. The summed E-state index contributed by atoms with van der Waals surface area (Å²) in [4.78, 5) is 23.8. The van der Waals surface area contributed by atoms with Gasteiger partial charge >= 0.3 is 5.97 Å². The summed E-state index contributed by atoms with van der Waals surface area (Å²) in [5.74, 6) is -0.365. The molecule has 1 unspecified atom stereocenters. The van der Waals surface area contributed by atoms with Crippen LogP contribution < -0.4 is 5.32 Å². The van der Waals surface area contributed by atoms with Gasteiger partial charge in [0.25, 0.3) is 0 Å². The second-order valence-corrected chi connectivity index (χ2v) is 10.1. The van der Waals surface area contributed by atoms with Gasteiger partial charge in [-0.15, -0.1) is 0 Å². The summed E-state index contributed by atoms with van der Waals surface area (Å²) in [5, 5.41) is 13.5. The molecule has 1 aliphatic carbocycles. The number of carboxylic acids is 1. The first-order valence-corrected chi connectivity index (χ1v) is 12.9. The zero-order chi connectivity index (χ0) is 23.5. The van der Waals surface area contributed by atoms with Gasteiger partial charge in [0.1, 0.15) is 6.04 Å². The molecule has 1 saturated heterocycles. The SMILES string of the molecule is Cc1cnc(C2CC2)c(C(C(=O)O)N2CC[C@@H](OCCCCc3ccc4c(n3)CCCN4)C2)c1. The van der Waals surface area contributed by atoms with E-state index in [9.17, 15) is 9.90 Å². The standard InChI is InChI=1S/C27H36N4O3/c1-18-15-22(25(29-16-18)19-7-8-19)26(27(32)33)31-13-11-21(17-31)34-14-3-2-5-20-9-10-23-24(30-20)6-4-12-28-23/h9-10,15-16,19,21,26,28H,2-8,11-14,17H2,1H3,(H,32,33)/t21-,26?/m1/s1. The molecular formula is C27H36N4O3. The average molecular weight is 465 g/mol. The van der Waals surface area contributed by atoms with E-state index in [-0.39, 0.29) is 6.10 Å². The molecule has 1 saturated carbocycles. The lowest BCUT2D eigenvalue weighted by Gasteiger charge is -2.26. The van der Waals surface area contributed by atoms with Crippen LogP contribution in [-0.2, 0) is 22.4 Å². The summed E-state index contributed by atoms with van der Waals surface area (Å²) in [7, 11) is 0. The lowest BCUT2D eigenvalue weighted by Crippen LogP contribution is -2.34. The number of nitrogens with one attached hydrogen (secondary N) is 1. The number of hydrogen-bond donors (Lipinski definition) is 2. The quantitative estimate of drug-likeness (QED) is 0.508. The zero-order valence-corrected chi connectivity index (χ0v) is 20.1. The second-order valence-electron chi connectivity index (χ2n) is 10.1. The number of aromatic nitrogens is 2. The van der Waals surface area contributed by atoms with Crippen molar-refractivity contribution in [2.75, 3.05) is 31.6 Å². The molecule has 2 aromatic heterocycles. The molecule has 0 bridgehead atoms. The van der Waals surface area contributed by atoms with Crippen LogP contribution >= 0.6 is 0 Å². The molecule has 2 atom stereocenters. The van der Waals surface area contributed by atoms with Gasteiger partial charge in [0.2, 0.25) is 0 Å². The van der Waals surface area contributed by atoms with E-state index in [1.807, 2.05) is 19.2 Å². The summed E-state index contributed by atoms with van der Waals surface area (Å²) < 4.78 is 6.16. The maximum atomic E-state index is 12.3. The average Bonchev–Trinajstić information content (AvgIpc) is 3.57. The van der Waals surface area contributed by atoms with Crippen molar-refractivity contribution in [1.82, 2.24) is 14.9 Å². The molecule has 3 aliphatic rings. The van der Waals surface area contributed by atoms with Gasteiger partial charge in [-0.3, -0.25) is 19.7 Å². The molecular weight excluding hydrogens is 428 g/mol. The van der Waals surface area contributed by atoms with Gasteiger partial charge in [0.05, 0.1) is 17.5 Å². The van der Waals surface area contributed by atoms with Gasteiger partial charge in [0, 0.05) is 55.3 Å². The Bertz CT molecular complexity index is 1020. The molecule has 2 N–H and O–H groups in total. The Morgan fingerprint density at radius 2 is 2.18 bits per heavy atom. The number of aryl methyl sites for hydroxylation is 3. The molecule has 2 fully saturated rings. The van der Waals surface area contributed by atoms with E-state index in [4.69, 9.17) is 9.72 Å². The Morgan fingerprint density at radius 1 is 1.29 bits per heavy atom. The fraction of sp³-hybridized carbons (Fsp3) is 0.593. The van der Waals surface area contributed by atoms with Crippen molar-refractivity contribution < 1.29 is 14.6 Å². The normalized spacial score (nSPS) is 21.1. The molecule has 182 valence electrons. The Morgan fingerprint density at radius 3 is 3.00 bits per heavy atom. The number of rotatable bonds is 10. The number of fused-ring (bicyclic) bond motifs is 1. The van der Waals surface area contributed by atoms with E-state index in [2.05, 4.69) is 27.3 Å². The largest absolute Gasteiger partial charge is 0.480 e. The fourth-order valence-electron chi connectivity index (χ4n) is 5.30. The first-order chi connectivity index (χ1) is 16.6. The number of hydrogen-bond acceptors (Lipinski definition) is 6. The van der Waals surface area contributed by atoms with Gasteiger partial charge in [-0.25, -0.2) is 0 Å². The topological polar surface area (TPSA) is 87.6 Å². The molecule has 7 nitrogen and oxygen atoms in total. The molecule has 0 radical (unpaired) electrons. The molecule has 4 heterocycles. The number of nitrogens with zero attached hydrogens (tertiary/aromatic N) is 3. The number of aliphatic carboxylic acids is 1. The van der Waals surface area contributed by atoms with E-state index in [0.29, 0.717) is 19.1 Å². The Balaban J connectivity index is 1.10. The number of likely N-dealkylation sites (tertiary alicyclic amines) is 1. The molecule has 0 spiro atoms. The Kier molecular flexibility index (Phi) is 7.11. The van der Waals surface area contributed by atoms with Crippen molar-refractivity contribution in [2.24, 2.45) is 0 Å². The highest BCUT2D eigenvalue weighted by molar-refractivity contribution is 5.76. The second kappa shape index (κ2) is 10.4. The van der Waals surface area contributed by atoms with Crippen LogP contribution in [-0.4, -0.2) is 58.3 Å². The molecule has 0 amide bonds. The highest BCUT2D eigenvalue weighted by Gasteiger charge is 2.38. The highest BCUT2D eigenvalue weighted by Crippen LogP contribution is 2.43. The van der Waals surface area contributed by atoms with Crippen LogP contribution in [0.15, 0.2) is 24.4 Å². The van der Waals surface area contributed by atoms with E-state index < -0.39 is 12.0 Å².